The van der Waals surface area contributed by atoms with Crippen LogP contribution in [-0.4, -0.2) is 38.7 Å². The topological polar surface area (TPSA) is 60.2 Å². The molecule has 0 N–H and O–H groups in total. The van der Waals surface area contributed by atoms with Gasteiger partial charge in [0.2, 0.25) is 5.91 Å². The molecule has 172 valence electrons. The van der Waals surface area contributed by atoms with Crippen LogP contribution in [0.3, 0.4) is 0 Å². The van der Waals surface area contributed by atoms with E-state index in [2.05, 4.69) is 11.6 Å². The van der Waals surface area contributed by atoms with Gasteiger partial charge in [-0.3, -0.25) is 14.5 Å². The second-order valence-corrected chi connectivity index (χ2v) is 8.53. The number of amides is 1. The average Bonchev–Trinajstić information content (AvgIpc) is 3.27. The number of carbonyl (C=O) groups is 1. The minimum Gasteiger partial charge on any atom is -0.456 e. The number of fused-ring (bicyclic) bond motifs is 1. The Bertz CT molecular complexity index is 1370. The third-order valence-electron chi connectivity index (χ3n) is 6.01. The molecule has 4 aromatic rings. The predicted molar refractivity (Wildman–Crippen MR) is 129 cm³/mol. The molecule has 1 atom stereocenters. The Kier molecular flexibility index (Phi) is 6.02. The Balaban J connectivity index is 1.46. The highest BCUT2D eigenvalue weighted by Gasteiger charge is 2.26. The molecule has 0 radical (unpaired) electrons. The molecule has 0 spiro atoms. The quantitative estimate of drug-likeness (QED) is 0.330. The largest absolute Gasteiger partial charge is 0.456 e. The van der Waals surface area contributed by atoms with E-state index in [-0.39, 0.29) is 22.7 Å². The number of hydrogen-bond donors (Lipinski definition) is 0. The van der Waals surface area contributed by atoms with E-state index >= 15 is 0 Å². The molecule has 5 rings (SSSR count). The smallest absolute Gasteiger partial charge is 0.246 e. The Morgan fingerprint density at radius 1 is 1.21 bits per heavy atom. The molecule has 1 fully saturated rings. The van der Waals surface area contributed by atoms with Crippen LogP contribution in [0.4, 0.5) is 4.39 Å². The van der Waals surface area contributed by atoms with Gasteiger partial charge in [0, 0.05) is 36.4 Å². The molecule has 0 saturated carbocycles. The highest BCUT2D eigenvalue weighted by atomic mass is 35.5. The predicted octanol–water partition coefficient (Wildman–Crippen LogP) is 6.03. The van der Waals surface area contributed by atoms with Gasteiger partial charge < -0.3 is 9.64 Å². The zero-order valence-corrected chi connectivity index (χ0v) is 19.1. The van der Waals surface area contributed by atoms with Gasteiger partial charge in [-0.2, -0.15) is 5.10 Å². The molecule has 1 saturated heterocycles. The zero-order chi connectivity index (χ0) is 23.7. The number of pyridine rings is 1. The summed E-state index contributed by atoms with van der Waals surface area (Å²) in [4.78, 5) is 18.3. The van der Waals surface area contributed by atoms with Gasteiger partial charge in [-0.15, -0.1) is 0 Å². The summed E-state index contributed by atoms with van der Waals surface area (Å²) in [5.74, 6) is 0.196. The van der Waals surface area contributed by atoms with E-state index in [1.165, 1.54) is 12.1 Å². The van der Waals surface area contributed by atoms with Crippen molar-refractivity contribution in [2.24, 2.45) is 0 Å². The second kappa shape index (κ2) is 9.27. The molecule has 0 aliphatic carbocycles. The van der Waals surface area contributed by atoms with Crippen LogP contribution in [0.1, 0.15) is 18.9 Å². The third-order valence-corrected chi connectivity index (χ3v) is 6.37. The summed E-state index contributed by atoms with van der Waals surface area (Å²) < 4.78 is 21.5. The second-order valence-electron chi connectivity index (χ2n) is 8.15. The molecule has 2 aromatic carbocycles. The highest BCUT2D eigenvalue weighted by molar-refractivity contribution is 6.32. The van der Waals surface area contributed by atoms with E-state index in [4.69, 9.17) is 21.4 Å². The van der Waals surface area contributed by atoms with E-state index in [0.717, 1.165) is 41.5 Å². The first-order chi connectivity index (χ1) is 16.5. The van der Waals surface area contributed by atoms with Crippen molar-refractivity contribution in [2.75, 3.05) is 13.1 Å². The maximum atomic E-state index is 13.7. The van der Waals surface area contributed by atoms with Crippen LogP contribution in [0.5, 0.6) is 11.5 Å². The lowest BCUT2D eigenvalue weighted by atomic mass is 10.1. The molecule has 8 heteroatoms. The summed E-state index contributed by atoms with van der Waals surface area (Å²) in [6.45, 7) is 4.93. The summed E-state index contributed by atoms with van der Waals surface area (Å²) in [6.07, 6.45) is 6.75. The molecule has 0 bridgehead atoms. The molecular formula is C26H22ClFN4O2. The summed E-state index contributed by atoms with van der Waals surface area (Å²) >= 11 is 6.00. The molecule has 1 aliphatic rings. The lowest BCUT2D eigenvalue weighted by Gasteiger charge is -2.32. The number of carbonyl (C=O) groups excluding carboxylic acids is 1. The third kappa shape index (κ3) is 4.15. The SMILES string of the molecule is C=CC(=O)N1CCC[C@H](n2nc(-c3ccc(Oc4cccc(F)c4Cl)cc3)c3cnccc32)C1. The van der Waals surface area contributed by atoms with Gasteiger partial charge in [-0.05, 0) is 61.4 Å². The van der Waals surface area contributed by atoms with E-state index in [1.807, 2.05) is 27.8 Å². The van der Waals surface area contributed by atoms with Crippen LogP contribution >= 0.6 is 11.6 Å². The summed E-state index contributed by atoms with van der Waals surface area (Å²) in [6, 6.07) is 13.8. The lowest BCUT2D eigenvalue weighted by Crippen LogP contribution is -2.40. The molecule has 34 heavy (non-hydrogen) atoms. The monoisotopic (exact) mass is 476 g/mol. The van der Waals surface area contributed by atoms with Crippen LogP contribution in [-0.2, 0) is 4.79 Å². The molecule has 2 aromatic heterocycles. The van der Waals surface area contributed by atoms with Crippen LogP contribution in [0.25, 0.3) is 22.2 Å². The number of piperidine rings is 1. The van der Waals surface area contributed by atoms with Crippen molar-refractivity contribution in [3.63, 3.8) is 0 Å². The lowest BCUT2D eigenvalue weighted by molar-refractivity contribution is -0.127. The molecule has 6 nitrogen and oxygen atoms in total. The van der Waals surface area contributed by atoms with Gasteiger partial charge >= 0.3 is 0 Å². The van der Waals surface area contributed by atoms with E-state index < -0.39 is 5.82 Å². The maximum Gasteiger partial charge on any atom is 0.246 e. The summed E-state index contributed by atoms with van der Waals surface area (Å²) in [5, 5.41) is 5.81. The zero-order valence-electron chi connectivity index (χ0n) is 18.3. The minimum absolute atomic E-state index is 0.0566. The van der Waals surface area contributed by atoms with Crippen LogP contribution in [0.15, 0.2) is 73.6 Å². The fraction of sp³-hybridized carbons (Fsp3) is 0.192. The first-order valence-corrected chi connectivity index (χ1v) is 11.4. The van der Waals surface area contributed by atoms with E-state index in [0.29, 0.717) is 12.3 Å². The number of nitrogens with zero attached hydrogens (tertiary/aromatic N) is 4. The fourth-order valence-electron chi connectivity index (χ4n) is 4.33. The number of rotatable bonds is 5. The van der Waals surface area contributed by atoms with Crippen molar-refractivity contribution in [3.8, 4) is 22.8 Å². The average molecular weight is 477 g/mol. The van der Waals surface area contributed by atoms with Crippen molar-refractivity contribution < 1.29 is 13.9 Å². The standard InChI is InChI=1S/C26H22ClFN4O2/c1-2-24(33)31-14-4-5-18(16-31)32-22-12-13-29-15-20(22)26(30-32)17-8-10-19(11-9-17)34-23-7-3-6-21(28)25(23)27/h2-3,6-13,15,18H,1,4-5,14,16H2/t18-/m0/s1. The molecule has 0 unspecified atom stereocenters. The van der Waals surface area contributed by atoms with E-state index in [9.17, 15) is 9.18 Å². The van der Waals surface area contributed by atoms with Gasteiger partial charge in [-0.1, -0.05) is 24.2 Å². The fourth-order valence-corrected chi connectivity index (χ4v) is 4.50. The first-order valence-electron chi connectivity index (χ1n) is 11.0. The highest BCUT2D eigenvalue weighted by Crippen LogP contribution is 2.35. The molecular weight excluding hydrogens is 455 g/mol. The number of benzene rings is 2. The number of hydrogen-bond acceptors (Lipinski definition) is 4. The Morgan fingerprint density at radius 2 is 2.03 bits per heavy atom. The van der Waals surface area contributed by atoms with Gasteiger partial charge in [0.15, 0.2) is 0 Å². The first kappa shape index (κ1) is 22.1. The molecule has 3 heterocycles. The molecule has 1 amide bonds. The number of halogens is 2. The van der Waals surface area contributed by atoms with Crippen molar-refractivity contribution in [3.05, 3.63) is 84.4 Å². The normalized spacial score (nSPS) is 15.9. The van der Waals surface area contributed by atoms with Crippen molar-refractivity contribution in [2.45, 2.75) is 18.9 Å². The minimum atomic E-state index is -0.531. The van der Waals surface area contributed by atoms with Gasteiger partial charge in [-0.25, -0.2) is 4.39 Å². The maximum absolute atomic E-state index is 13.7. The van der Waals surface area contributed by atoms with Gasteiger partial charge in [0.25, 0.3) is 0 Å². The van der Waals surface area contributed by atoms with Gasteiger partial charge in [0.1, 0.15) is 28.0 Å². The van der Waals surface area contributed by atoms with Crippen molar-refractivity contribution in [1.29, 1.82) is 0 Å². The Labute approximate surface area is 201 Å². The summed E-state index contributed by atoms with van der Waals surface area (Å²) in [7, 11) is 0. The number of likely N-dealkylation sites (tertiary alicyclic amines) is 1. The molecule has 1 aliphatic heterocycles. The van der Waals surface area contributed by atoms with Gasteiger partial charge in [0.05, 0.1) is 11.6 Å². The van der Waals surface area contributed by atoms with Crippen molar-refractivity contribution in [1.82, 2.24) is 19.7 Å². The van der Waals surface area contributed by atoms with E-state index in [1.54, 1.807) is 36.7 Å². The van der Waals surface area contributed by atoms with Crippen LogP contribution in [0, 0.1) is 5.82 Å². The summed E-state index contributed by atoms with van der Waals surface area (Å²) in [5.41, 5.74) is 2.66. The number of aromatic nitrogens is 3. The van der Waals surface area contributed by atoms with Crippen LogP contribution < -0.4 is 4.74 Å². The van der Waals surface area contributed by atoms with Crippen molar-refractivity contribution >= 4 is 28.4 Å². The van der Waals surface area contributed by atoms with Crippen LogP contribution in [0.2, 0.25) is 5.02 Å². The number of ether oxygens (including phenoxy) is 1. The Hall–Kier alpha value is -3.71. The Morgan fingerprint density at radius 3 is 2.82 bits per heavy atom.